The van der Waals surface area contributed by atoms with Crippen LogP contribution in [0, 0.1) is 38.5 Å². The van der Waals surface area contributed by atoms with E-state index in [9.17, 15) is 28.8 Å². The predicted octanol–water partition coefficient (Wildman–Crippen LogP) is 11.1. The van der Waals surface area contributed by atoms with Crippen LogP contribution >= 0.6 is 0 Å². The maximum absolute atomic E-state index is 14.6. The van der Waals surface area contributed by atoms with E-state index in [1.54, 1.807) is 20.3 Å². The third-order valence-corrected chi connectivity index (χ3v) is 14.5. The van der Waals surface area contributed by atoms with Crippen LogP contribution in [0.1, 0.15) is 161 Å². The lowest BCUT2D eigenvalue weighted by Gasteiger charge is -2.33. The second kappa shape index (κ2) is 27.1. The van der Waals surface area contributed by atoms with Gasteiger partial charge in [0.2, 0.25) is 0 Å². The second-order valence-electron chi connectivity index (χ2n) is 19.6. The zero-order chi connectivity index (χ0) is 50.9. The molecule has 3 aliphatic rings. The van der Waals surface area contributed by atoms with E-state index < -0.39 is 41.6 Å². The zero-order valence-electron chi connectivity index (χ0n) is 42.8. The largest absolute Gasteiger partial charge is 0.493 e. The average Bonchev–Trinajstić information content (AvgIpc) is 3.67. The zero-order valence-corrected chi connectivity index (χ0v) is 42.8. The van der Waals surface area contributed by atoms with Crippen LogP contribution < -0.4 is 14.2 Å². The van der Waals surface area contributed by atoms with Gasteiger partial charge in [0.15, 0.2) is 17.3 Å². The van der Waals surface area contributed by atoms with E-state index >= 15 is 0 Å². The molecule has 1 heterocycles. The number of ketones is 2. The Morgan fingerprint density at radius 3 is 2.24 bits per heavy atom. The first-order chi connectivity index (χ1) is 34.3. The molecule has 3 aromatic carbocycles. The highest BCUT2D eigenvalue weighted by atomic mass is 16.7. The molecule has 1 aliphatic heterocycles. The summed E-state index contributed by atoms with van der Waals surface area (Å²) in [6.07, 6.45) is 14.4. The molecule has 13 heteroatoms. The lowest BCUT2D eigenvalue weighted by atomic mass is 9.72. The fourth-order valence-electron chi connectivity index (χ4n) is 10.4. The van der Waals surface area contributed by atoms with Gasteiger partial charge in [-0.15, -0.1) is 5.06 Å². The number of allylic oxidation sites excluding steroid dienone is 2. The monoisotopic (exact) mass is 978 g/mol. The predicted molar refractivity (Wildman–Crippen MR) is 269 cm³/mol. The van der Waals surface area contributed by atoms with Crippen molar-refractivity contribution in [1.82, 2.24) is 5.06 Å². The van der Waals surface area contributed by atoms with Gasteiger partial charge in [-0.1, -0.05) is 74.7 Å². The number of hydroxylamine groups is 2. The van der Waals surface area contributed by atoms with Gasteiger partial charge in [0.05, 0.1) is 39.3 Å². The average molecular weight is 978 g/mol. The van der Waals surface area contributed by atoms with Gasteiger partial charge in [-0.3, -0.25) is 24.0 Å². The fraction of sp³-hybridized carbons (Fsp3) is 0.552. The number of ether oxygens (including phenoxy) is 5. The lowest BCUT2D eigenvalue weighted by molar-refractivity contribution is -0.198. The number of nitrogens with zero attached hydrogens (tertiary/aromatic N) is 1. The summed E-state index contributed by atoms with van der Waals surface area (Å²) < 4.78 is 30.1. The van der Waals surface area contributed by atoms with E-state index in [-0.39, 0.29) is 62.5 Å². The molecule has 3 unspecified atom stereocenters. The molecule has 0 N–H and O–H groups in total. The van der Waals surface area contributed by atoms with Crippen LogP contribution in [0.5, 0.6) is 17.2 Å². The Morgan fingerprint density at radius 2 is 1.51 bits per heavy atom. The molecule has 1 saturated heterocycles. The molecular formula is C58H75NO12. The van der Waals surface area contributed by atoms with Crippen molar-refractivity contribution >= 4 is 35.3 Å². The summed E-state index contributed by atoms with van der Waals surface area (Å²) in [5.74, 6) is -1.71. The van der Waals surface area contributed by atoms with Crippen LogP contribution in [0.15, 0.2) is 66.7 Å². The van der Waals surface area contributed by atoms with Crippen molar-refractivity contribution in [3.8, 4) is 17.2 Å². The van der Waals surface area contributed by atoms with Gasteiger partial charge in [-0.2, -0.15) is 0 Å². The Kier molecular flexibility index (Phi) is 20.8. The van der Waals surface area contributed by atoms with Crippen molar-refractivity contribution in [2.45, 2.75) is 161 Å². The lowest BCUT2D eigenvalue weighted by Crippen LogP contribution is -2.37. The van der Waals surface area contributed by atoms with Gasteiger partial charge in [0.1, 0.15) is 24.2 Å². The number of imide groups is 1. The van der Waals surface area contributed by atoms with E-state index in [1.807, 2.05) is 44.2 Å². The van der Waals surface area contributed by atoms with Crippen molar-refractivity contribution in [1.29, 1.82) is 0 Å². The molecule has 2 fully saturated rings. The van der Waals surface area contributed by atoms with Crippen LogP contribution in [-0.4, -0.2) is 73.9 Å². The van der Waals surface area contributed by atoms with Gasteiger partial charge in [-0.25, -0.2) is 4.79 Å². The first-order valence-corrected chi connectivity index (χ1v) is 25.9. The Morgan fingerprint density at radius 1 is 0.746 bits per heavy atom. The summed E-state index contributed by atoms with van der Waals surface area (Å²) >= 11 is 0. The van der Waals surface area contributed by atoms with Crippen LogP contribution in [0.3, 0.4) is 0 Å². The minimum absolute atomic E-state index is 0.0177. The molecule has 2 aliphatic carbocycles. The van der Waals surface area contributed by atoms with Crippen LogP contribution in [0.25, 0.3) is 0 Å². The van der Waals surface area contributed by atoms with E-state index in [4.69, 9.17) is 28.5 Å². The molecule has 71 heavy (non-hydrogen) atoms. The van der Waals surface area contributed by atoms with E-state index in [0.29, 0.717) is 66.8 Å². The molecule has 0 radical (unpaired) electrons. The maximum atomic E-state index is 14.6. The number of amides is 2. The van der Waals surface area contributed by atoms with E-state index in [2.05, 4.69) is 44.2 Å². The van der Waals surface area contributed by atoms with E-state index in [1.165, 1.54) is 11.1 Å². The smallest absolute Gasteiger partial charge is 0.335 e. The highest BCUT2D eigenvalue weighted by Crippen LogP contribution is 2.41. The quantitative estimate of drug-likeness (QED) is 0.0449. The van der Waals surface area contributed by atoms with Gasteiger partial charge >= 0.3 is 11.9 Å². The third-order valence-electron chi connectivity index (χ3n) is 14.5. The molecule has 0 bridgehead atoms. The fourth-order valence-corrected chi connectivity index (χ4v) is 10.4. The molecule has 6 atom stereocenters. The third kappa shape index (κ3) is 15.6. The van der Waals surface area contributed by atoms with Crippen LogP contribution in [0.4, 0.5) is 0 Å². The molecule has 384 valence electrons. The van der Waals surface area contributed by atoms with Gasteiger partial charge in [0.25, 0.3) is 11.8 Å². The summed E-state index contributed by atoms with van der Waals surface area (Å²) in [7, 11) is 3.18. The minimum atomic E-state index is -0.728. The van der Waals surface area contributed by atoms with Crippen molar-refractivity contribution < 1.29 is 57.3 Å². The van der Waals surface area contributed by atoms with Crippen molar-refractivity contribution in [3.63, 3.8) is 0 Å². The van der Waals surface area contributed by atoms with Gasteiger partial charge in [-0.05, 0) is 149 Å². The summed E-state index contributed by atoms with van der Waals surface area (Å²) in [6.45, 7) is 7.94. The highest BCUT2D eigenvalue weighted by molar-refractivity contribution is 6.01. The number of benzene rings is 3. The maximum Gasteiger partial charge on any atom is 0.335 e. The Bertz CT molecular complexity index is 2340. The number of methoxy groups -OCH3 is 2. The number of rotatable bonds is 25. The molecule has 0 spiro atoms. The number of hydrogen-bond donors (Lipinski definition) is 0. The topological polar surface area (TPSA) is 161 Å². The molecule has 6 rings (SSSR count). The van der Waals surface area contributed by atoms with Crippen molar-refractivity contribution in [2.75, 3.05) is 27.4 Å². The first kappa shape index (κ1) is 54.5. The number of esters is 1. The molecule has 13 nitrogen and oxygen atoms in total. The minimum Gasteiger partial charge on any atom is -0.493 e. The number of carbonyl (C=O) groups is 6. The first-order valence-electron chi connectivity index (χ1n) is 25.9. The Balaban J connectivity index is 1.12. The SMILES string of the molecule is CC[C@H](C(=O)C1CCCC[C@H]1C(=O)O[C@H](CCc1ccc(C)c(C)c1)c1cccc(OCC(=O)CCC(CC2CC/C=C/CCC2)OCCC(=O)ON2C(=O)CCC2=O)c1)c1cc(C)c(OC)c(OC)c1. The summed E-state index contributed by atoms with van der Waals surface area (Å²) in [4.78, 5) is 84.0. The Hall–Kier alpha value is -5.82. The molecule has 3 aromatic rings. The summed E-state index contributed by atoms with van der Waals surface area (Å²) in [6, 6.07) is 17.6. The number of carbonyl (C=O) groups excluding carboxylic acids is 6. The van der Waals surface area contributed by atoms with Crippen molar-refractivity contribution in [3.05, 3.63) is 100 Å². The van der Waals surface area contributed by atoms with Crippen LogP contribution in [0.2, 0.25) is 0 Å². The number of Topliss-reactive ketones (excluding diaryl/α,β-unsaturated/α-hetero) is 2. The molecule has 1 saturated carbocycles. The van der Waals surface area contributed by atoms with Gasteiger partial charge < -0.3 is 28.5 Å². The molecular weight excluding hydrogens is 903 g/mol. The summed E-state index contributed by atoms with van der Waals surface area (Å²) in [5, 5.41) is 0.539. The Labute approximate surface area is 420 Å². The molecule has 2 amide bonds. The summed E-state index contributed by atoms with van der Waals surface area (Å²) in [5.41, 5.74) is 5.95. The second-order valence-corrected chi connectivity index (χ2v) is 19.6. The highest BCUT2D eigenvalue weighted by Gasteiger charge is 2.41. The standard InChI is InChI=1S/C58H75NO12/c1-7-48(44-33-40(4)57(67-6)52(36-44)66-5)56(64)49-20-13-14-21-50(49)58(65)70-51(27-24-42-23-22-38(2)39(3)32-42)43-18-15-19-46(35-43)69-37-45(60)25-26-47(34-41-16-11-9-8-10-12-17-41)68-31-30-55(63)71-59-53(61)28-29-54(59)62/h8-9,15,18-19,22-23,32-33,35-36,41,47-51H,7,10-14,16-17,20-21,24-31,34,37H2,1-6H3/b9-8+/t41?,47?,48-,49?,50+,51+/m0/s1. The number of aryl methyl sites for hydroxylation is 4. The normalized spacial score (nSPS) is 20.0. The van der Waals surface area contributed by atoms with Gasteiger partial charge in [0, 0.05) is 31.1 Å². The molecule has 0 aromatic heterocycles. The number of hydrogen-bond acceptors (Lipinski definition) is 12. The van der Waals surface area contributed by atoms with E-state index in [0.717, 1.165) is 73.6 Å². The van der Waals surface area contributed by atoms with Crippen LogP contribution in [-0.2, 0) is 49.5 Å². The van der Waals surface area contributed by atoms with Crippen molar-refractivity contribution in [2.24, 2.45) is 17.8 Å².